The van der Waals surface area contributed by atoms with E-state index < -0.39 is 6.43 Å². The summed E-state index contributed by atoms with van der Waals surface area (Å²) < 4.78 is 24.3. The van der Waals surface area contributed by atoms with E-state index in [0.717, 1.165) is 6.54 Å². The van der Waals surface area contributed by atoms with Crippen LogP contribution < -0.4 is 5.32 Å². The van der Waals surface area contributed by atoms with Gasteiger partial charge in [-0.3, -0.25) is 4.99 Å². The summed E-state index contributed by atoms with van der Waals surface area (Å²) in [6, 6.07) is 0. The second kappa shape index (κ2) is 4.18. The van der Waals surface area contributed by atoms with Crippen molar-refractivity contribution < 1.29 is 8.78 Å². The number of nitrogens with zero attached hydrogens (tertiary/aromatic N) is 2. The van der Waals surface area contributed by atoms with Crippen molar-refractivity contribution in [2.45, 2.75) is 39.7 Å². The van der Waals surface area contributed by atoms with Crippen LogP contribution in [0.15, 0.2) is 4.99 Å². The second-order valence-electron chi connectivity index (χ2n) is 5.35. The minimum Gasteiger partial charge on any atom is -0.350 e. The van der Waals surface area contributed by atoms with Crippen LogP contribution in [0.2, 0.25) is 0 Å². The summed E-state index contributed by atoms with van der Waals surface area (Å²) in [6.45, 7) is 9.04. The molecular formula is C11H21F2N3. The van der Waals surface area contributed by atoms with Gasteiger partial charge in [0.1, 0.15) is 0 Å². The first kappa shape index (κ1) is 13.2. The molecule has 5 heteroatoms. The Labute approximate surface area is 95.9 Å². The lowest BCUT2D eigenvalue weighted by molar-refractivity contribution is -0.0671. The van der Waals surface area contributed by atoms with Gasteiger partial charge >= 0.3 is 0 Å². The van der Waals surface area contributed by atoms with E-state index in [1.807, 2.05) is 4.90 Å². The highest BCUT2D eigenvalue weighted by molar-refractivity contribution is 5.82. The summed E-state index contributed by atoms with van der Waals surface area (Å²) in [4.78, 5) is 6.08. The predicted octanol–water partition coefficient (Wildman–Crippen LogP) is 1.95. The van der Waals surface area contributed by atoms with Crippen molar-refractivity contribution >= 4 is 5.96 Å². The zero-order valence-corrected chi connectivity index (χ0v) is 10.6. The molecule has 94 valence electrons. The average molecular weight is 233 g/mol. The molecule has 0 radical (unpaired) electrons. The Bertz CT molecular complexity index is 285. The normalized spacial score (nSPS) is 23.2. The van der Waals surface area contributed by atoms with Crippen molar-refractivity contribution in [3.05, 3.63) is 0 Å². The van der Waals surface area contributed by atoms with E-state index in [2.05, 4.69) is 38.0 Å². The van der Waals surface area contributed by atoms with Crippen LogP contribution in [0.4, 0.5) is 8.78 Å². The van der Waals surface area contributed by atoms with Gasteiger partial charge < -0.3 is 10.2 Å². The molecule has 1 saturated heterocycles. The molecule has 0 aromatic carbocycles. The highest BCUT2D eigenvalue weighted by Gasteiger charge is 2.53. The predicted molar refractivity (Wildman–Crippen MR) is 61.9 cm³/mol. The minimum absolute atomic E-state index is 0.0586. The van der Waals surface area contributed by atoms with E-state index in [1.54, 1.807) is 7.05 Å². The van der Waals surface area contributed by atoms with E-state index in [-0.39, 0.29) is 17.5 Å². The van der Waals surface area contributed by atoms with Crippen molar-refractivity contribution in [3.8, 4) is 0 Å². The summed E-state index contributed by atoms with van der Waals surface area (Å²) in [5.74, 6) is 0.560. The van der Waals surface area contributed by atoms with Crippen LogP contribution >= 0.6 is 0 Å². The maximum atomic E-state index is 12.1. The van der Waals surface area contributed by atoms with Crippen molar-refractivity contribution in [1.82, 2.24) is 10.2 Å². The lowest BCUT2D eigenvalue weighted by atomic mass is 9.65. The van der Waals surface area contributed by atoms with Gasteiger partial charge in [0.2, 0.25) is 0 Å². The molecular weight excluding hydrogens is 212 g/mol. The Morgan fingerprint density at radius 3 is 2.25 bits per heavy atom. The number of alkyl halides is 2. The van der Waals surface area contributed by atoms with Gasteiger partial charge in [-0.2, -0.15) is 0 Å². The van der Waals surface area contributed by atoms with E-state index in [0.29, 0.717) is 5.96 Å². The third kappa shape index (κ3) is 2.13. The molecule has 0 aromatic heterocycles. The zero-order valence-electron chi connectivity index (χ0n) is 10.6. The van der Waals surface area contributed by atoms with Gasteiger partial charge in [-0.05, 0) is 13.8 Å². The SMILES string of the molecule is CN=C(NCC(F)F)N1CC(C)(C)C1(C)C. The quantitative estimate of drug-likeness (QED) is 0.583. The Kier molecular flexibility index (Phi) is 3.45. The van der Waals surface area contributed by atoms with Gasteiger partial charge in [-0.15, -0.1) is 0 Å². The van der Waals surface area contributed by atoms with E-state index >= 15 is 0 Å². The molecule has 1 rings (SSSR count). The third-order valence-electron chi connectivity index (χ3n) is 3.77. The molecule has 0 bridgehead atoms. The minimum atomic E-state index is -2.35. The molecule has 3 nitrogen and oxygen atoms in total. The van der Waals surface area contributed by atoms with E-state index in [9.17, 15) is 8.78 Å². The number of aliphatic imine (C=N–C) groups is 1. The van der Waals surface area contributed by atoms with Crippen LogP contribution in [0.5, 0.6) is 0 Å². The fourth-order valence-electron chi connectivity index (χ4n) is 1.86. The number of halogens is 2. The summed E-state index contributed by atoms with van der Waals surface area (Å²) >= 11 is 0. The maximum Gasteiger partial charge on any atom is 0.255 e. The number of hydrogen-bond donors (Lipinski definition) is 1. The molecule has 0 aromatic rings. The molecule has 0 amide bonds. The molecule has 1 aliphatic rings. The summed E-state index contributed by atoms with van der Waals surface area (Å²) in [5.41, 5.74) is 0.117. The smallest absolute Gasteiger partial charge is 0.255 e. The van der Waals surface area contributed by atoms with Crippen LogP contribution in [0.25, 0.3) is 0 Å². The molecule has 1 heterocycles. The molecule has 0 aliphatic carbocycles. The van der Waals surface area contributed by atoms with Crippen LogP contribution in [-0.4, -0.2) is 43.0 Å². The second-order valence-corrected chi connectivity index (χ2v) is 5.35. The van der Waals surface area contributed by atoms with Gasteiger partial charge in [0, 0.05) is 24.5 Å². The fourth-order valence-corrected chi connectivity index (χ4v) is 1.86. The highest BCUT2D eigenvalue weighted by atomic mass is 19.3. The molecule has 0 spiro atoms. The first-order valence-electron chi connectivity index (χ1n) is 5.49. The Hall–Kier alpha value is -0.870. The molecule has 0 atom stereocenters. The largest absolute Gasteiger partial charge is 0.350 e. The Morgan fingerprint density at radius 1 is 1.38 bits per heavy atom. The molecule has 1 N–H and O–H groups in total. The summed E-state index contributed by atoms with van der Waals surface area (Å²) in [5, 5.41) is 2.69. The van der Waals surface area contributed by atoms with Crippen molar-refractivity contribution in [1.29, 1.82) is 0 Å². The summed E-state index contributed by atoms with van der Waals surface area (Å²) in [6.07, 6.45) is -2.35. The van der Waals surface area contributed by atoms with E-state index in [4.69, 9.17) is 0 Å². The van der Waals surface area contributed by atoms with Crippen molar-refractivity contribution in [3.63, 3.8) is 0 Å². The number of nitrogens with one attached hydrogen (secondary N) is 1. The van der Waals surface area contributed by atoms with Gasteiger partial charge in [-0.25, -0.2) is 8.78 Å². The fraction of sp³-hybridized carbons (Fsp3) is 0.909. The van der Waals surface area contributed by atoms with Crippen LogP contribution in [-0.2, 0) is 0 Å². The van der Waals surface area contributed by atoms with Gasteiger partial charge in [0.15, 0.2) is 5.96 Å². The van der Waals surface area contributed by atoms with E-state index in [1.165, 1.54) is 0 Å². The molecule has 1 aliphatic heterocycles. The molecule has 0 unspecified atom stereocenters. The Balaban J connectivity index is 2.65. The van der Waals surface area contributed by atoms with Crippen molar-refractivity contribution in [2.75, 3.05) is 20.1 Å². The monoisotopic (exact) mass is 233 g/mol. The third-order valence-corrected chi connectivity index (χ3v) is 3.77. The average Bonchev–Trinajstić information content (AvgIpc) is 2.16. The Morgan fingerprint density at radius 2 is 1.94 bits per heavy atom. The lowest BCUT2D eigenvalue weighted by Crippen LogP contribution is -2.72. The lowest BCUT2D eigenvalue weighted by Gasteiger charge is -2.62. The zero-order chi connectivity index (χ0) is 12.6. The number of rotatable bonds is 2. The topological polar surface area (TPSA) is 27.6 Å². The van der Waals surface area contributed by atoms with Gasteiger partial charge in [0.05, 0.1) is 6.54 Å². The van der Waals surface area contributed by atoms with Crippen LogP contribution in [0, 0.1) is 5.41 Å². The molecule has 16 heavy (non-hydrogen) atoms. The molecule has 1 fully saturated rings. The summed E-state index contributed by atoms with van der Waals surface area (Å²) in [7, 11) is 1.62. The number of guanidine groups is 1. The van der Waals surface area contributed by atoms with Crippen molar-refractivity contribution in [2.24, 2.45) is 10.4 Å². The van der Waals surface area contributed by atoms with Gasteiger partial charge in [0.25, 0.3) is 6.43 Å². The number of hydrogen-bond acceptors (Lipinski definition) is 1. The number of likely N-dealkylation sites (tertiary alicyclic amines) is 1. The first-order chi connectivity index (χ1) is 7.22. The standard InChI is InChI=1S/C11H21F2N3/c1-10(2)7-16(11(10,3)4)9(14-5)15-6-8(12)13/h8H,6-7H2,1-5H3,(H,14,15). The first-order valence-corrected chi connectivity index (χ1v) is 5.49. The van der Waals surface area contributed by atoms with Gasteiger partial charge in [-0.1, -0.05) is 13.8 Å². The van der Waals surface area contributed by atoms with Crippen LogP contribution in [0.3, 0.4) is 0 Å². The maximum absolute atomic E-state index is 12.1. The molecule has 0 saturated carbocycles. The van der Waals surface area contributed by atoms with Crippen LogP contribution in [0.1, 0.15) is 27.7 Å². The highest BCUT2D eigenvalue weighted by Crippen LogP contribution is 2.46.